The van der Waals surface area contributed by atoms with Gasteiger partial charge in [0.15, 0.2) is 5.75 Å². The maximum Gasteiger partial charge on any atom is 0.344 e. The van der Waals surface area contributed by atoms with Crippen molar-refractivity contribution >= 4 is 15.4 Å². The highest BCUT2D eigenvalue weighted by atomic mass is 31.0. The van der Waals surface area contributed by atoms with Crippen LogP contribution >= 0.6 is 9.47 Å². The summed E-state index contributed by atoms with van der Waals surface area (Å²) in [6.07, 6.45) is 0. The summed E-state index contributed by atoms with van der Waals surface area (Å²) >= 11 is 0. The minimum atomic E-state index is -0.767. The molecule has 0 aromatic carbocycles. The van der Waals surface area contributed by atoms with Gasteiger partial charge in [0, 0.05) is 5.69 Å². The maximum absolute atomic E-state index is 11.0. The third-order valence-corrected chi connectivity index (χ3v) is 1.68. The van der Waals surface area contributed by atoms with E-state index in [0.717, 1.165) is 0 Å². The third-order valence-electron chi connectivity index (χ3n) is 1.47. The lowest BCUT2D eigenvalue weighted by molar-refractivity contribution is 0.0762. The van der Waals surface area contributed by atoms with Crippen LogP contribution in [0.4, 0.5) is 0 Å². The van der Waals surface area contributed by atoms with Gasteiger partial charge < -0.3 is 14.6 Å². The summed E-state index contributed by atoms with van der Waals surface area (Å²) in [5.41, 5.74) is -0.366. The Hall–Kier alpha value is -1.35. The summed E-state index contributed by atoms with van der Waals surface area (Å²) in [7, 11) is 1.75. The van der Waals surface area contributed by atoms with Gasteiger partial charge in [-0.15, -0.1) is 0 Å². The van der Waals surface area contributed by atoms with Gasteiger partial charge in [-0.1, -0.05) is 0 Å². The SMILES string of the molecule is Cc1cc(C(=O)OP)c(O)c(=O)[nH]1. The van der Waals surface area contributed by atoms with E-state index < -0.39 is 17.3 Å². The molecule has 1 heterocycles. The quantitative estimate of drug-likeness (QED) is 0.642. The Balaban J connectivity index is 3.37. The predicted molar refractivity (Wildman–Crippen MR) is 48.6 cm³/mol. The Kier molecular flexibility index (Phi) is 2.68. The molecule has 0 fully saturated rings. The number of carbonyl (C=O) groups is 1. The molecule has 1 unspecified atom stereocenters. The summed E-state index contributed by atoms with van der Waals surface area (Å²) in [6.45, 7) is 1.60. The van der Waals surface area contributed by atoms with Crippen LogP contribution in [0.1, 0.15) is 16.1 Å². The van der Waals surface area contributed by atoms with Crippen molar-refractivity contribution in [3.63, 3.8) is 0 Å². The van der Waals surface area contributed by atoms with Crippen molar-refractivity contribution in [1.29, 1.82) is 0 Å². The van der Waals surface area contributed by atoms with Crippen LogP contribution in [-0.2, 0) is 4.52 Å². The molecule has 13 heavy (non-hydrogen) atoms. The molecular formula is C7H8NO4P. The van der Waals surface area contributed by atoms with Gasteiger partial charge in [0.05, 0.1) is 9.47 Å². The molecule has 0 aliphatic heterocycles. The van der Waals surface area contributed by atoms with Crippen LogP contribution in [0.3, 0.4) is 0 Å². The molecule has 0 aliphatic carbocycles. The van der Waals surface area contributed by atoms with E-state index in [1.54, 1.807) is 16.4 Å². The first-order valence-electron chi connectivity index (χ1n) is 3.40. The first kappa shape index (κ1) is 9.74. The lowest BCUT2D eigenvalue weighted by Crippen LogP contribution is -2.12. The zero-order valence-corrected chi connectivity index (χ0v) is 7.98. The number of aryl methyl sites for hydroxylation is 1. The van der Waals surface area contributed by atoms with Crippen molar-refractivity contribution in [2.75, 3.05) is 0 Å². The average Bonchev–Trinajstić information content (AvgIpc) is 2.10. The third kappa shape index (κ3) is 1.87. The number of aromatic nitrogens is 1. The molecule has 0 radical (unpaired) electrons. The molecule has 0 saturated heterocycles. The molecule has 0 amide bonds. The molecule has 1 rings (SSSR count). The van der Waals surface area contributed by atoms with E-state index >= 15 is 0 Å². The highest BCUT2D eigenvalue weighted by Crippen LogP contribution is 2.13. The van der Waals surface area contributed by atoms with E-state index in [9.17, 15) is 9.59 Å². The number of pyridine rings is 1. The van der Waals surface area contributed by atoms with Crippen LogP contribution in [0.5, 0.6) is 5.75 Å². The molecule has 1 aromatic rings. The fourth-order valence-electron chi connectivity index (χ4n) is 0.901. The molecule has 2 N–H and O–H groups in total. The molecular weight excluding hydrogens is 193 g/mol. The first-order valence-corrected chi connectivity index (χ1v) is 3.87. The van der Waals surface area contributed by atoms with Gasteiger partial charge >= 0.3 is 5.97 Å². The molecule has 0 aliphatic rings. The van der Waals surface area contributed by atoms with Crippen LogP contribution in [0.2, 0.25) is 0 Å². The van der Waals surface area contributed by atoms with Crippen molar-refractivity contribution in [2.24, 2.45) is 0 Å². The van der Waals surface area contributed by atoms with E-state index in [1.807, 2.05) is 0 Å². The predicted octanol–water partition coefficient (Wildman–Crippen LogP) is 0.336. The minimum Gasteiger partial charge on any atom is -0.502 e. The van der Waals surface area contributed by atoms with Crippen LogP contribution in [0, 0.1) is 6.92 Å². The van der Waals surface area contributed by atoms with Crippen LogP contribution < -0.4 is 5.56 Å². The Bertz CT molecular complexity index is 398. The molecule has 1 aromatic heterocycles. The van der Waals surface area contributed by atoms with Crippen LogP contribution in [-0.4, -0.2) is 16.1 Å². The number of aromatic amines is 1. The van der Waals surface area contributed by atoms with Gasteiger partial charge in [-0.2, -0.15) is 0 Å². The second kappa shape index (κ2) is 3.58. The fraction of sp³-hybridized carbons (Fsp3) is 0.143. The summed E-state index contributed by atoms with van der Waals surface area (Å²) < 4.78 is 4.29. The number of H-pyrrole nitrogens is 1. The van der Waals surface area contributed by atoms with E-state index in [-0.39, 0.29) is 5.56 Å². The zero-order chi connectivity index (χ0) is 10.0. The van der Waals surface area contributed by atoms with Crippen molar-refractivity contribution < 1.29 is 14.4 Å². The van der Waals surface area contributed by atoms with Crippen molar-refractivity contribution in [3.8, 4) is 5.75 Å². The molecule has 5 nitrogen and oxygen atoms in total. The molecule has 6 heteroatoms. The summed E-state index contributed by atoms with van der Waals surface area (Å²) in [5, 5.41) is 9.17. The number of carbonyl (C=O) groups excluding carboxylic acids is 1. The molecule has 0 spiro atoms. The van der Waals surface area contributed by atoms with Gasteiger partial charge in [0.25, 0.3) is 5.56 Å². The van der Waals surface area contributed by atoms with E-state index in [4.69, 9.17) is 5.11 Å². The highest BCUT2D eigenvalue weighted by Gasteiger charge is 2.14. The van der Waals surface area contributed by atoms with Crippen LogP contribution in [0.25, 0.3) is 0 Å². The topological polar surface area (TPSA) is 79.4 Å². The maximum atomic E-state index is 11.0. The normalized spacial score (nSPS) is 9.69. The van der Waals surface area contributed by atoms with E-state index in [2.05, 4.69) is 9.51 Å². The lowest BCUT2D eigenvalue weighted by Gasteiger charge is -2.01. The zero-order valence-electron chi connectivity index (χ0n) is 6.83. The Morgan fingerprint density at radius 2 is 2.31 bits per heavy atom. The second-order valence-corrected chi connectivity index (χ2v) is 2.68. The van der Waals surface area contributed by atoms with Gasteiger partial charge in [-0.05, 0) is 13.0 Å². The number of rotatable bonds is 1. The van der Waals surface area contributed by atoms with Crippen LogP contribution in [0.15, 0.2) is 10.9 Å². The molecule has 0 bridgehead atoms. The standard InChI is InChI=1S/C7H8NO4P/c1-3-2-4(7(11)12-13)5(9)6(10)8-3/h2,9H,13H2,1H3,(H,8,10). The van der Waals surface area contributed by atoms with Gasteiger partial charge in [0.2, 0.25) is 0 Å². The summed E-state index contributed by atoms with van der Waals surface area (Å²) in [4.78, 5) is 24.3. The Morgan fingerprint density at radius 3 is 2.85 bits per heavy atom. The number of hydrogen-bond acceptors (Lipinski definition) is 4. The Labute approximate surface area is 76.0 Å². The fourth-order valence-corrected chi connectivity index (χ4v) is 1.03. The second-order valence-electron chi connectivity index (χ2n) is 2.45. The largest absolute Gasteiger partial charge is 0.502 e. The van der Waals surface area contributed by atoms with E-state index in [1.165, 1.54) is 6.07 Å². The van der Waals surface area contributed by atoms with Crippen molar-refractivity contribution in [3.05, 3.63) is 27.7 Å². The number of aromatic hydroxyl groups is 1. The van der Waals surface area contributed by atoms with Gasteiger partial charge in [-0.25, -0.2) is 4.79 Å². The van der Waals surface area contributed by atoms with Gasteiger partial charge in [-0.3, -0.25) is 4.79 Å². The molecule has 1 atom stereocenters. The number of nitrogens with one attached hydrogen (secondary N) is 1. The van der Waals surface area contributed by atoms with Crippen molar-refractivity contribution in [1.82, 2.24) is 4.98 Å². The summed E-state index contributed by atoms with van der Waals surface area (Å²) in [6, 6.07) is 1.34. The first-order chi connectivity index (χ1) is 6.06. The lowest BCUT2D eigenvalue weighted by atomic mass is 10.2. The van der Waals surface area contributed by atoms with Gasteiger partial charge in [0.1, 0.15) is 5.56 Å². The summed E-state index contributed by atoms with van der Waals surface area (Å²) in [5.74, 6) is -1.39. The van der Waals surface area contributed by atoms with Crippen molar-refractivity contribution in [2.45, 2.75) is 6.92 Å². The minimum absolute atomic E-state index is 0.142. The highest BCUT2D eigenvalue weighted by molar-refractivity contribution is 7.10. The monoisotopic (exact) mass is 201 g/mol. The number of hydrogen-bond donors (Lipinski definition) is 2. The van der Waals surface area contributed by atoms with E-state index in [0.29, 0.717) is 5.69 Å². The average molecular weight is 201 g/mol. The molecule has 0 saturated carbocycles. The smallest absolute Gasteiger partial charge is 0.344 e. The molecule has 70 valence electrons. The Morgan fingerprint density at radius 1 is 1.69 bits per heavy atom.